The van der Waals surface area contributed by atoms with Gasteiger partial charge in [-0.1, -0.05) is 0 Å². The van der Waals surface area contributed by atoms with E-state index in [1.54, 1.807) is 0 Å². The number of aromatic nitrogens is 1. The van der Waals surface area contributed by atoms with E-state index in [-0.39, 0.29) is 0 Å². The molecule has 0 saturated carbocycles. The van der Waals surface area contributed by atoms with E-state index in [0.29, 0.717) is 0 Å². The van der Waals surface area contributed by atoms with Crippen molar-refractivity contribution in [2.24, 2.45) is 0 Å². The van der Waals surface area contributed by atoms with Crippen molar-refractivity contribution >= 4 is 39.6 Å². The molecule has 0 unspecified atom stereocenters. The normalized spacial score (nSPS) is 12.1. The van der Waals surface area contributed by atoms with E-state index < -0.39 is 13.3 Å². The molecule has 4 rings (SSSR count). The first kappa shape index (κ1) is 14.5. The molecule has 114 valence electrons. The summed E-state index contributed by atoms with van der Waals surface area (Å²) in [5.41, 5.74) is 3.92. The quantitative estimate of drug-likeness (QED) is 0.459. The molecule has 23 heavy (non-hydrogen) atoms. The van der Waals surface area contributed by atoms with E-state index in [4.69, 9.17) is 4.42 Å². The number of hydrogen-bond acceptors (Lipinski definition) is 2. The third kappa shape index (κ3) is 2.57. The van der Waals surface area contributed by atoms with E-state index >= 15 is 0 Å². The number of rotatable bonds is 2. The van der Waals surface area contributed by atoms with Gasteiger partial charge in [0, 0.05) is 0 Å². The second kappa shape index (κ2) is 5.24. The maximum atomic E-state index is 6.06. The first-order chi connectivity index (χ1) is 11.0. The molecule has 2 heterocycles. The van der Waals surface area contributed by atoms with Gasteiger partial charge in [0.05, 0.1) is 0 Å². The summed E-state index contributed by atoms with van der Waals surface area (Å²) in [6.07, 6.45) is 1.95. The summed E-state index contributed by atoms with van der Waals surface area (Å²) in [5.74, 6) is 7.24. The molecule has 2 nitrogen and oxygen atoms in total. The molecule has 0 atom stereocenters. The van der Waals surface area contributed by atoms with Crippen LogP contribution in [0.4, 0.5) is 0 Å². The third-order valence-electron chi connectivity index (χ3n) is 4.29. The Morgan fingerprint density at radius 2 is 1.61 bits per heavy atom. The average molecular weight is 362 g/mol. The standard InChI is InChI=1S/C20H19GeNO/c1-21(2,3)15-9-10-19-16(11-15)17-13-22-18(12-20(17)23-19)14-7-5-4-6-8-14/h4-13H,1-3H3. The summed E-state index contributed by atoms with van der Waals surface area (Å²) >= 11 is -1.85. The predicted molar refractivity (Wildman–Crippen MR) is 99.9 cm³/mol. The minimum absolute atomic E-state index is 0.910. The van der Waals surface area contributed by atoms with Crippen LogP contribution in [0.5, 0.6) is 0 Å². The van der Waals surface area contributed by atoms with Gasteiger partial charge < -0.3 is 0 Å². The van der Waals surface area contributed by atoms with Crippen LogP contribution in [-0.4, -0.2) is 18.3 Å². The van der Waals surface area contributed by atoms with Crippen LogP contribution >= 0.6 is 0 Å². The van der Waals surface area contributed by atoms with Gasteiger partial charge >= 0.3 is 138 Å². The molecule has 0 fully saturated rings. The molecular formula is C20H19GeNO. The number of pyridine rings is 1. The zero-order valence-corrected chi connectivity index (χ0v) is 15.7. The van der Waals surface area contributed by atoms with Gasteiger partial charge in [-0.05, 0) is 0 Å². The summed E-state index contributed by atoms with van der Waals surface area (Å²) in [6, 6.07) is 18.9. The molecule has 2 aromatic heterocycles. The van der Waals surface area contributed by atoms with Crippen LogP contribution in [-0.2, 0) is 0 Å². The molecule has 4 aromatic rings. The number of fused-ring (bicyclic) bond motifs is 3. The van der Waals surface area contributed by atoms with Gasteiger partial charge in [0.2, 0.25) is 0 Å². The third-order valence-corrected chi connectivity index (χ3v) is 8.58. The van der Waals surface area contributed by atoms with Crippen molar-refractivity contribution in [2.45, 2.75) is 17.3 Å². The summed E-state index contributed by atoms with van der Waals surface area (Å²) in [5, 5.41) is 2.29. The van der Waals surface area contributed by atoms with Crippen molar-refractivity contribution < 1.29 is 4.42 Å². The zero-order valence-electron chi connectivity index (χ0n) is 13.6. The van der Waals surface area contributed by atoms with E-state index in [2.05, 4.69) is 52.6 Å². The van der Waals surface area contributed by atoms with Gasteiger partial charge in [-0.15, -0.1) is 0 Å². The van der Waals surface area contributed by atoms with Crippen LogP contribution < -0.4 is 4.40 Å². The fraction of sp³-hybridized carbons (Fsp3) is 0.150. The van der Waals surface area contributed by atoms with Crippen LogP contribution in [0.3, 0.4) is 0 Å². The van der Waals surface area contributed by atoms with Crippen molar-refractivity contribution in [3.8, 4) is 11.3 Å². The molecule has 0 amide bonds. The van der Waals surface area contributed by atoms with Crippen molar-refractivity contribution in [1.82, 2.24) is 4.98 Å². The Bertz CT molecular complexity index is 997. The van der Waals surface area contributed by atoms with Gasteiger partial charge in [0.15, 0.2) is 0 Å². The van der Waals surface area contributed by atoms with E-state index in [9.17, 15) is 0 Å². The molecule has 0 aliphatic carbocycles. The Labute approximate surface area is 138 Å². The Morgan fingerprint density at radius 3 is 2.35 bits per heavy atom. The Balaban J connectivity index is 1.92. The fourth-order valence-electron chi connectivity index (χ4n) is 2.90. The van der Waals surface area contributed by atoms with E-state index in [1.807, 2.05) is 30.5 Å². The van der Waals surface area contributed by atoms with Crippen LogP contribution in [0.2, 0.25) is 17.3 Å². The summed E-state index contributed by atoms with van der Waals surface area (Å²) < 4.78 is 7.56. The molecule has 0 saturated heterocycles. The van der Waals surface area contributed by atoms with Gasteiger partial charge in [-0.3, -0.25) is 0 Å². The Hall–Kier alpha value is -2.07. The topological polar surface area (TPSA) is 26.0 Å². The first-order valence-electron chi connectivity index (χ1n) is 7.90. The number of nitrogens with zero attached hydrogens (tertiary/aromatic N) is 1. The van der Waals surface area contributed by atoms with Gasteiger partial charge in [0.1, 0.15) is 0 Å². The van der Waals surface area contributed by atoms with E-state index in [1.165, 1.54) is 9.78 Å². The Morgan fingerprint density at radius 1 is 0.826 bits per heavy atom. The average Bonchev–Trinajstić information content (AvgIpc) is 2.91. The number of benzene rings is 2. The van der Waals surface area contributed by atoms with Crippen LogP contribution in [0.15, 0.2) is 65.2 Å². The molecular weight excluding hydrogens is 343 g/mol. The molecule has 0 aliphatic rings. The fourth-order valence-corrected chi connectivity index (χ4v) is 5.34. The van der Waals surface area contributed by atoms with Crippen molar-refractivity contribution in [3.05, 3.63) is 60.8 Å². The zero-order chi connectivity index (χ0) is 16.0. The molecule has 3 heteroatoms. The number of hydrogen-bond donors (Lipinski definition) is 0. The second-order valence-electron chi connectivity index (χ2n) is 6.99. The monoisotopic (exact) mass is 363 g/mol. The maximum absolute atomic E-state index is 6.06. The molecule has 2 aromatic carbocycles. The second-order valence-corrected chi connectivity index (χ2v) is 17.6. The van der Waals surface area contributed by atoms with Crippen molar-refractivity contribution in [3.63, 3.8) is 0 Å². The Kier molecular flexibility index (Phi) is 3.31. The van der Waals surface area contributed by atoms with Crippen LogP contribution in [0.25, 0.3) is 33.2 Å². The predicted octanol–water partition coefficient (Wildman–Crippen LogP) is 5.19. The van der Waals surface area contributed by atoms with Crippen molar-refractivity contribution in [1.29, 1.82) is 0 Å². The molecule has 0 spiro atoms. The minimum atomic E-state index is -1.85. The SMILES string of the molecule is [CH3][Ge]([CH3])([CH3])[c]1ccc2oc3cc(-c4ccccc4)ncc3c2c1. The van der Waals surface area contributed by atoms with Crippen molar-refractivity contribution in [2.75, 3.05) is 0 Å². The van der Waals surface area contributed by atoms with Gasteiger partial charge in [0.25, 0.3) is 0 Å². The summed E-state index contributed by atoms with van der Waals surface area (Å²) in [4.78, 5) is 4.65. The van der Waals surface area contributed by atoms with Crippen LogP contribution in [0.1, 0.15) is 0 Å². The van der Waals surface area contributed by atoms with Gasteiger partial charge in [-0.2, -0.15) is 0 Å². The molecule has 0 aliphatic heterocycles. The molecule has 0 bridgehead atoms. The number of furan rings is 1. The summed E-state index contributed by atoms with van der Waals surface area (Å²) in [6.45, 7) is 0. The van der Waals surface area contributed by atoms with Crippen LogP contribution in [0, 0.1) is 0 Å². The molecule has 0 radical (unpaired) electrons. The first-order valence-corrected chi connectivity index (χ1v) is 15.2. The van der Waals surface area contributed by atoms with E-state index in [0.717, 1.165) is 27.8 Å². The van der Waals surface area contributed by atoms with Gasteiger partial charge in [-0.25, -0.2) is 0 Å². The summed E-state index contributed by atoms with van der Waals surface area (Å²) in [7, 11) is 0. The molecule has 0 N–H and O–H groups in total.